The molecule has 0 amide bonds. The molecule has 0 aliphatic rings. The number of ether oxygens (including phenoxy) is 1. The van der Waals surface area contributed by atoms with Crippen LogP contribution in [0.25, 0.3) is 0 Å². The number of hydrogen-bond acceptors (Lipinski definition) is 6. The first-order valence-corrected chi connectivity index (χ1v) is 8.43. The van der Waals surface area contributed by atoms with Crippen LogP contribution in [0.3, 0.4) is 0 Å². The van der Waals surface area contributed by atoms with Crippen LogP contribution in [0.4, 0.5) is 0 Å². The van der Waals surface area contributed by atoms with Crippen molar-refractivity contribution in [1.82, 2.24) is 0 Å². The van der Waals surface area contributed by atoms with Crippen molar-refractivity contribution in [1.29, 1.82) is 0 Å². The molecule has 0 fully saturated rings. The number of carbonyl (C=O) groups excluding carboxylic acids is 1. The summed E-state index contributed by atoms with van der Waals surface area (Å²) < 4.78 is 26.4. The van der Waals surface area contributed by atoms with Gasteiger partial charge in [0.2, 0.25) is 0 Å². The first kappa shape index (κ1) is 20.5. The van der Waals surface area contributed by atoms with Crippen molar-refractivity contribution >= 4 is 13.8 Å². The summed E-state index contributed by atoms with van der Waals surface area (Å²) in [5.41, 5.74) is -0.581. The summed E-state index contributed by atoms with van der Waals surface area (Å²) in [6, 6.07) is 0. The minimum atomic E-state index is -4.34. The molecule has 21 heavy (non-hydrogen) atoms. The number of quaternary nitrogens is 1. The van der Waals surface area contributed by atoms with E-state index < -0.39 is 13.2 Å². The van der Waals surface area contributed by atoms with Gasteiger partial charge >= 0.3 is 5.97 Å². The summed E-state index contributed by atoms with van der Waals surface area (Å²) >= 11 is 0. The summed E-state index contributed by atoms with van der Waals surface area (Å²) in [6.45, 7) is 5.64. The van der Waals surface area contributed by atoms with Crippen LogP contribution < -0.4 is 4.89 Å². The fourth-order valence-electron chi connectivity index (χ4n) is 1.09. The van der Waals surface area contributed by atoms with Gasteiger partial charge in [-0.1, -0.05) is 6.92 Å². The van der Waals surface area contributed by atoms with E-state index in [1.54, 1.807) is 13.8 Å². The standard InChI is InChI=1S/C13H28NO6P/c1-7-13(2,3)12(15)18-10-11-20-21(16,17)19-9-8-14(4,5)6/h7-11H2,1-6H3. The summed E-state index contributed by atoms with van der Waals surface area (Å²) in [5, 5.41) is 0. The van der Waals surface area contributed by atoms with Gasteiger partial charge < -0.3 is 23.2 Å². The lowest BCUT2D eigenvalue weighted by atomic mass is 9.91. The molecule has 0 aromatic rings. The van der Waals surface area contributed by atoms with Gasteiger partial charge in [0.05, 0.1) is 33.2 Å². The molecule has 0 aliphatic heterocycles. The van der Waals surface area contributed by atoms with Gasteiger partial charge in [-0.05, 0) is 20.3 Å². The Bertz CT molecular complexity index is 377. The number of carbonyl (C=O) groups is 1. The predicted molar refractivity (Wildman–Crippen MR) is 77.4 cm³/mol. The zero-order valence-electron chi connectivity index (χ0n) is 13.9. The smallest absolute Gasteiger partial charge is 0.311 e. The highest BCUT2D eigenvalue weighted by Gasteiger charge is 2.27. The van der Waals surface area contributed by atoms with Crippen LogP contribution in [0.2, 0.25) is 0 Å². The lowest BCUT2D eigenvalue weighted by molar-refractivity contribution is -0.870. The van der Waals surface area contributed by atoms with E-state index in [1.165, 1.54) is 0 Å². The Kier molecular flexibility index (Phi) is 8.07. The van der Waals surface area contributed by atoms with Crippen molar-refractivity contribution in [3.05, 3.63) is 0 Å². The van der Waals surface area contributed by atoms with Crippen molar-refractivity contribution in [2.75, 3.05) is 47.5 Å². The highest BCUT2D eigenvalue weighted by molar-refractivity contribution is 7.45. The Hall–Kier alpha value is -0.460. The second kappa shape index (κ2) is 8.25. The van der Waals surface area contributed by atoms with E-state index in [2.05, 4.69) is 4.52 Å². The van der Waals surface area contributed by atoms with Gasteiger partial charge in [-0.2, -0.15) is 0 Å². The average molecular weight is 325 g/mol. The number of nitrogens with zero attached hydrogens (tertiary/aromatic N) is 1. The van der Waals surface area contributed by atoms with Gasteiger partial charge in [0, 0.05) is 0 Å². The Morgan fingerprint density at radius 2 is 1.67 bits per heavy atom. The number of phosphoric ester groups is 1. The molecule has 0 saturated carbocycles. The van der Waals surface area contributed by atoms with Crippen LogP contribution in [0.15, 0.2) is 0 Å². The van der Waals surface area contributed by atoms with E-state index in [0.717, 1.165) is 0 Å². The zero-order valence-corrected chi connectivity index (χ0v) is 14.8. The predicted octanol–water partition coefficient (Wildman–Crippen LogP) is 1.17. The van der Waals surface area contributed by atoms with E-state index in [0.29, 0.717) is 17.4 Å². The molecule has 0 aliphatic carbocycles. The number of esters is 1. The van der Waals surface area contributed by atoms with Crippen LogP contribution in [0.1, 0.15) is 27.2 Å². The first-order chi connectivity index (χ1) is 9.40. The molecule has 0 N–H and O–H groups in total. The summed E-state index contributed by atoms with van der Waals surface area (Å²) in [6.07, 6.45) is 0.640. The van der Waals surface area contributed by atoms with Gasteiger partial charge in [-0.3, -0.25) is 9.36 Å². The molecule has 0 saturated heterocycles. The highest BCUT2D eigenvalue weighted by Crippen LogP contribution is 2.37. The van der Waals surface area contributed by atoms with Gasteiger partial charge in [0.25, 0.3) is 7.82 Å². The van der Waals surface area contributed by atoms with Crippen molar-refractivity contribution in [3.8, 4) is 0 Å². The summed E-state index contributed by atoms with van der Waals surface area (Å²) in [4.78, 5) is 23.1. The van der Waals surface area contributed by atoms with Crippen LogP contribution in [0, 0.1) is 5.41 Å². The Morgan fingerprint density at radius 3 is 2.14 bits per heavy atom. The molecule has 1 unspecified atom stereocenters. The first-order valence-electron chi connectivity index (χ1n) is 6.97. The molecule has 7 nitrogen and oxygen atoms in total. The van der Waals surface area contributed by atoms with Gasteiger partial charge in [0.15, 0.2) is 0 Å². The van der Waals surface area contributed by atoms with Crippen LogP contribution in [0.5, 0.6) is 0 Å². The number of likely N-dealkylation sites (N-methyl/N-ethyl adjacent to an activating group) is 1. The monoisotopic (exact) mass is 325 g/mol. The van der Waals surface area contributed by atoms with Crippen molar-refractivity contribution in [3.63, 3.8) is 0 Å². The van der Waals surface area contributed by atoms with E-state index in [-0.39, 0.29) is 25.8 Å². The lowest BCUT2D eigenvalue weighted by Gasteiger charge is -2.27. The van der Waals surface area contributed by atoms with Gasteiger partial charge in [0.1, 0.15) is 19.8 Å². The number of hydrogen-bond donors (Lipinski definition) is 0. The molecule has 0 spiro atoms. The van der Waals surface area contributed by atoms with Crippen LogP contribution in [-0.4, -0.2) is 58.0 Å². The van der Waals surface area contributed by atoms with Gasteiger partial charge in [-0.25, -0.2) is 0 Å². The van der Waals surface area contributed by atoms with Crippen LogP contribution in [-0.2, 0) is 23.1 Å². The third kappa shape index (κ3) is 9.98. The maximum Gasteiger partial charge on any atom is 0.311 e. The fourth-order valence-corrected chi connectivity index (χ4v) is 1.76. The molecule has 0 radical (unpaired) electrons. The van der Waals surface area contributed by atoms with E-state index in [4.69, 9.17) is 9.26 Å². The molecule has 0 heterocycles. The third-order valence-corrected chi connectivity index (χ3v) is 4.01. The Labute approximate surface area is 127 Å². The minimum Gasteiger partial charge on any atom is -0.756 e. The molecule has 0 aromatic carbocycles. The summed E-state index contributed by atoms with van der Waals surface area (Å²) in [7, 11) is 1.44. The second-order valence-corrected chi connectivity index (χ2v) is 7.91. The molecule has 0 rings (SSSR count). The number of phosphoric acid groups is 1. The van der Waals surface area contributed by atoms with Crippen molar-refractivity contribution < 1.29 is 32.5 Å². The molecule has 1 atom stereocenters. The topological polar surface area (TPSA) is 84.9 Å². The largest absolute Gasteiger partial charge is 0.756 e. The van der Waals surface area contributed by atoms with Gasteiger partial charge in [-0.15, -0.1) is 0 Å². The summed E-state index contributed by atoms with van der Waals surface area (Å²) in [5.74, 6) is -0.375. The van der Waals surface area contributed by atoms with E-state index >= 15 is 0 Å². The number of rotatable bonds is 10. The maximum atomic E-state index is 11.6. The Morgan fingerprint density at radius 1 is 1.14 bits per heavy atom. The molecule has 8 heteroatoms. The minimum absolute atomic E-state index is 0.0485. The molecule has 0 bridgehead atoms. The van der Waals surface area contributed by atoms with E-state index in [9.17, 15) is 14.3 Å². The maximum absolute atomic E-state index is 11.6. The second-order valence-electron chi connectivity index (χ2n) is 6.50. The SMILES string of the molecule is CCC(C)(C)C(=O)OCCOP(=O)([O-])OCC[N+](C)(C)C. The fraction of sp³-hybridized carbons (Fsp3) is 0.923. The third-order valence-electron chi connectivity index (χ3n) is 3.01. The Balaban J connectivity index is 3.95. The molecule has 0 aromatic heterocycles. The average Bonchev–Trinajstić information content (AvgIpc) is 2.32. The zero-order chi connectivity index (χ0) is 16.7. The molecular formula is C13H28NO6P. The van der Waals surface area contributed by atoms with Crippen LogP contribution >= 0.6 is 7.82 Å². The molecule has 126 valence electrons. The van der Waals surface area contributed by atoms with E-state index in [1.807, 2.05) is 28.1 Å². The normalized spacial score (nSPS) is 15.6. The van der Waals surface area contributed by atoms with Crippen molar-refractivity contribution in [2.24, 2.45) is 5.41 Å². The van der Waals surface area contributed by atoms with Crippen molar-refractivity contribution in [2.45, 2.75) is 27.2 Å². The quantitative estimate of drug-likeness (QED) is 0.259. The molecular weight excluding hydrogens is 297 g/mol. The highest BCUT2D eigenvalue weighted by atomic mass is 31.2. The lowest BCUT2D eigenvalue weighted by Crippen LogP contribution is -2.37.